The van der Waals surface area contributed by atoms with Gasteiger partial charge in [-0.05, 0) is 30.2 Å². The molecule has 6 nitrogen and oxygen atoms in total. The van der Waals surface area contributed by atoms with Gasteiger partial charge in [-0.1, -0.05) is 42.5 Å². The van der Waals surface area contributed by atoms with Crippen molar-refractivity contribution in [2.45, 2.75) is 25.9 Å². The molecular formula is C23H26N4O2. The van der Waals surface area contributed by atoms with Crippen LogP contribution in [0.3, 0.4) is 0 Å². The summed E-state index contributed by atoms with van der Waals surface area (Å²) in [5, 5.41) is 2.99. The maximum Gasteiger partial charge on any atom is 0.317 e. The molecule has 0 atom stereocenters. The van der Waals surface area contributed by atoms with Gasteiger partial charge in [-0.15, -0.1) is 0 Å². The number of benzene rings is 2. The third kappa shape index (κ3) is 4.26. The van der Waals surface area contributed by atoms with Crippen LogP contribution in [-0.2, 0) is 13.1 Å². The maximum absolute atomic E-state index is 12.4. The highest BCUT2D eigenvalue weighted by Gasteiger charge is 2.34. The molecule has 2 amide bonds. The number of carbonyl (C=O) groups excluding carboxylic acids is 1. The number of aromatic nitrogens is 2. The van der Waals surface area contributed by atoms with Gasteiger partial charge in [0.05, 0.1) is 13.0 Å². The van der Waals surface area contributed by atoms with Crippen molar-refractivity contribution in [1.82, 2.24) is 19.8 Å². The second kappa shape index (κ2) is 8.39. The highest BCUT2D eigenvalue weighted by Crippen LogP contribution is 2.27. The second-order valence-electron chi connectivity index (χ2n) is 7.44. The molecule has 4 rings (SSSR count). The Labute approximate surface area is 171 Å². The van der Waals surface area contributed by atoms with Gasteiger partial charge >= 0.3 is 6.03 Å². The molecule has 2 aromatic carbocycles. The molecule has 1 aromatic heterocycles. The Hall–Kier alpha value is -3.28. The highest BCUT2D eigenvalue weighted by atomic mass is 16.5. The minimum atomic E-state index is -0.0324. The lowest BCUT2D eigenvalue weighted by atomic mass is 9.99. The van der Waals surface area contributed by atoms with Crippen molar-refractivity contribution in [3.8, 4) is 5.75 Å². The summed E-state index contributed by atoms with van der Waals surface area (Å²) in [5.41, 5.74) is 3.44. The van der Waals surface area contributed by atoms with Gasteiger partial charge in [-0.25, -0.2) is 9.78 Å². The first kappa shape index (κ1) is 19.1. The maximum atomic E-state index is 12.4. The van der Waals surface area contributed by atoms with Crippen molar-refractivity contribution in [2.24, 2.45) is 0 Å². The van der Waals surface area contributed by atoms with Crippen LogP contribution in [0.2, 0.25) is 0 Å². The number of methoxy groups -OCH3 is 1. The molecule has 29 heavy (non-hydrogen) atoms. The van der Waals surface area contributed by atoms with Crippen LogP contribution in [0, 0.1) is 6.92 Å². The molecule has 0 radical (unpaired) electrons. The Morgan fingerprint density at radius 1 is 1.10 bits per heavy atom. The first-order chi connectivity index (χ1) is 14.1. The number of nitrogens with one attached hydrogen (secondary N) is 1. The summed E-state index contributed by atoms with van der Waals surface area (Å²) in [6.07, 6.45) is 1.92. The van der Waals surface area contributed by atoms with Crippen molar-refractivity contribution < 1.29 is 9.53 Å². The van der Waals surface area contributed by atoms with E-state index in [1.165, 1.54) is 5.56 Å². The highest BCUT2D eigenvalue weighted by molar-refractivity contribution is 5.75. The largest absolute Gasteiger partial charge is 0.497 e. The van der Waals surface area contributed by atoms with Gasteiger partial charge in [0.1, 0.15) is 11.6 Å². The van der Waals surface area contributed by atoms with Crippen LogP contribution in [0.15, 0.2) is 60.8 Å². The van der Waals surface area contributed by atoms with E-state index in [1.54, 1.807) is 7.11 Å². The first-order valence-electron chi connectivity index (χ1n) is 9.85. The van der Waals surface area contributed by atoms with Crippen molar-refractivity contribution in [3.63, 3.8) is 0 Å². The smallest absolute Gasteiger partial charge is 0.317 e. The summed E-state index contributed by atoms with van der Waals surface area (Å²) in [5.74, 6) is 2.15. The number of carbonyl (C=O) groups is 1. The number of imidazole rings is 1. The van der Waals surface area contributed by atoms with E-state index < -0.39 is 0 Å². The molecule has 1 aliphatic heterocycles. The average Bonchev–Trinajstić information content (AvgIpc) is 3.06. The Kier molecular flexibility index (Phi) is 5.51. The number of rotatable bonds is 6. The SMILES string of the molecule is COc1ccc(CNC(=O)N2CC(c3ncc(C)n3Cc3ccccc3)C2)cc1. The van der Waals surface area contributed by atoms with Crippen LogP contribution in [0.4, 0.5) is 4.79 Å². The minimum absolute atomic E-state index is 0.0324. The Balaban J connectivity index is 1.32. The zero-order valence-corrected chi connectivity index (χ0v) is 16.8. The molecule has 0 saturated carbocycles. The predicted molar refractivity (Wildman–Crippen MR) is 112 cm³/mol. The molecule has 150 valence electrons. The number of aryl methyl sites for hydroxylation is 1. The summed E-state index contributed by atoms with van der Waals surface area (Å²) in [6.45, 7) is 4.78. The third-order valence-corrected chi connectivity index (χ3v) is 5.41. The lowest BCUT2D eigenvalue weighted by Gasteiger charge is -2.39. The molecule has 2 heterocycles. The Bertz CT molecular complexity index is 960. The quantitative estimate of drug-likeness (QED) is 0.700. The molecule has 0 spiro atoms. The molecule has 0 unspecified atom stereocenters. The lowest BCUT2D eigenvalue weighted by Crippen LogP contribution is -2.53. The summed E-state index contributed by atoms with van der Waals surface area (Å²) < 4.78 is 7.42. The van der Waals surface area contributed by atoms with Crippen LogP contribution in [-0.4, -0.2) is 40.7 Å². The van der Waals surface area contributed by atoms with Gasteiger partial charge in [-0.3, -0.25) is 0 Å². The van der Waals surface area contributed by atoms with Gasteiger partial charge in [0.15, 0.2) is 0 Å². The fourth-order valence-corrected chi connectivity index (χ4v) is 3.62. The molecule has 6 heteroatoms. The van der Waals surface area contributed by atoms with Crippen LogP contribution in [0.25, 0.3) is 0 Å². The number of hydrogen-bond donors (Lipinski definition) is 1. The predicted octanol–water partition coefficient (Wildman–Crippen LogP) is 3.56. The molecule has 1 fully saturated rings. The topological polar surface area (TPSA) is 59.4 Å². The molecular weight excluding hydrogens is 364 g/mol. The standard InChI is InChI=1S/C23H26N4O2/c1-17-12-24-22(27(17)14-19-6-4-3-5-7-19)20-15-26(16-20)23(28)25-13-18-8-10-21(29-2)11-9-18/h3-12,20H,13-16H2,1-2H3,(H,25,28). The second-order valence-corrected chi connectivity index (χ2v) is 7.44. The van der Waals surface area contributed by atoms with Gasteiger partial charge in [0.2, 0.25) is 0 Å². The van der Waals surface area contributed by atoms with Crippen LogP contribution in [0.1, 0.15) is 28.6 Å². The van der Waals surface area contributed by atoms with Gasteiger partial charge in [-0.2, -0.15) is 0 Å². The molecule has 0 bridgehead atoms. The number of amides is 2. The van der Waals surface area contributed by atoms with E-state index in [-0.39, 0.29) is 11.9 Å². The van der Waals surface area contributed by atoms with Gasteiger partial charge < -0.3 is 19.5 Å². The summed E-state index contributed by atoms with van der Waals surface area (Å²) in [4.78, 5) is 18.9. The number of ether oxygens (including phenoxy) is 1. The third-order valence-electron chi connectivity index (χ3n) is 5.41. The van der Waals surface area contributed by atoms with E-state index in [4.69, 9.17) is 4.74 Å². The van der Waals surface area contributed by atoms with Crippen LogP contribution in [0.5, 0.6) is 5.75 Å². The molecule has 3 aromatic rings. The van der Waals surface area contributed by atoms with Gasteiger partial charge in [0, 0.05) is 38.1 Å². The van der Waals surface area contributed by atoms with E-state index in [1.807, 2.05) is 41.4 Å². The molecule has 1 aliphatic rings. The monoisotopic (exact) mass is 390 g/mol. The van der Waals surface area contributed by atoms with E-state index >= 15 is 0 Å². The van der Waals surface area contributed by atoms with E-state index in [0.29, 0.717) is 19.6 Å². The summed E-state index contributed by atoms with van der Waals surface area (Å²) in [7, 11) is 1.64. The normalized spacial score (nSPS) is 13.8. The lowest BCUT2D eigenvalue weighted by molar-refractivity contribution is 0.147. The number of hydrogen-bond acceptors (Lipinski definition) is 3. The molecule has 1 saturated heterocycles. The van der Waals surface area contributed by atoms with E-state index in [9.17, 15) is 4.79 Å². The minimum Gasteiger partial charge on any atom is -0.497 e. The fourth-order valence-electron chi connectivity index (χ4n) is 3.62. The Morgan fingerprint density at radius 3 is 2.52 bits per heavy atom. The van der Waals surface area contributed by atoms with Crippen molar-refractivity contribution in [3.05, 3.63) is 83.4 Å². The van der Waals surface area contributed by atoms with Gasteiger partial charge in [0.25, 0.3) is 0 Å². The zero-order valence-electron chi connectivity index (χ0n) is 16.8. The Morgan fingerprint density at radius 2 is 1.83 bits per heavy atom. The first-order valence-corrected chi connectivity index (χ1v) is 9.85. The molecule has 1 N–H and O–H groups in total. The van der Waals surface area contributed by atoms with Crippen LogP contribution < -0.4 is 10.1 Å². The number of urea groups is 1. The van der Waals surface area contributed by atoms with Crippen molar-refractivity contribution in [2.75, 3.05) is 20.2 Å². The van der Waals surface area contributed by atoms with E-state index in [2.05, 4.69) is 46.1 Å². The average molecular weight is 390 g/mol. The summed E-state index contributed by atoms with van der Waals surface area (Å²) in [6, 6.07) is 18.1. The zero-order chi connectivity index (χ0) is 20.2. The van der Waals surface area contributed by atoms with Crippen LogP contribution >= 0.6 is 0 Å². The van der Waals surface area contributed by atoms with Crippen molar-refractivity contribution in [1.29, 1.82) is 0 Å². The van der Waals surface area contributed by atoms with Crippen molar-refractivity contribution >= 4 is 6.03 Å². The number of nitrogens with zero attached hydrogens (tertiary/aromatic N) is 3. The summed E-state index contributed by atoms with van der Waals surface area (Å²) >= 11 is 0. The fraction of sp³-hybridized carbons (Fsp3) is 0.304. The van der Waals surface area contributed by atoms with E-state index in [0.717, 1.165) is 29.4 Å². The molecule has 0 aliphatic carbocycles. The number of likely N-dealkylation sites (tertiary alicyclic amines) is 1.